The van der Waals surface area contributed by atoms with Gasteiger partial charge in [0, 0.05) is 17.8 Å². The molecule has 184 valence electrons. The lowest BCUT2D eigenvalue weighted by Gasteiger charge is -2.20. The highest BCUT2D eigenvalue weighted by atomic mass is 14.6. The summed E-state index contributed by atoms with van der Waals surface area (Å²) in [7, 11) is 0. The molecule has 0 aliphatic heterocycles. The van der Waals surface area contributed by atoms with E-state index >= 15 is 0 Å². The van der Waals surface area contributed by atoms with Crippen molar-refractivity contribution in [3.63, 3.8) is 0 Å². The maximum atomic E-state index is 7.35. The molecule has 8 rings (SSSR count). The quantitative estimate of drug-likeness (QED) is 0.218. The Morgan fingerprint density at radius 2 is 1.07 bits per heavy atom. The molecular weight excluding hydrogens is 484 g/mol. The summed E-state index contributed by atoms with van der Waals surface area (Å²) in [6, 6.07) is 42.8. The highest BCUT2D eigenvalue weighted by Crippen LogP contribution is 2.58. The lowest BCUT2D eigenvalue weighted by Crippen LogP contribution is -1.94. The molecule has 0 spiro atoms. The summed E-state index contributed by atoms with van der Waals surface area (Å²) in [4.78, 5) is 8.19. The maximum Gasteiger partial charge on any atom is 0.187 e. The molecule has 1 aliphatic rings. The van der Waals surface area contributed by atoms with E-state index in [1.165, 1.54) is 66.2 Å². The molecule has 0 unspecified atom stereocenters. The van der Waals surface area contributed by atoms with Crippen LogP contribution in [0.25, 0.3) is 82.0 Å². The molecule has 2 nitrogen and oxygen atoms in total. The number of hydrogen-bond donors (Lipinski definition) is 0. The lowest BCUT2D eigenvalue weighted by atomic mass is 9.83. The molecule has 6 aromatic carbocycles. The van der Waals surface area contributed by atoms with Crippen molar-refractivity contribution in [1.82, 2.24) is 4.98 Å². The zero-order valence-electron chi connectivity index (χ0n) is 21.6. The minimum atomic E-state index is 0.655. The van der Waals surface area contributed by atoms with Crippen LogP contribution < -0.4 is 0 Å². The second-order valence-corrected chi connectivity index (χ2v) is 10.2. The van der Waals surface area contributed by atoms with E-state index in [9.17, 15) is 0 Å². The van der Waals surface area contributed by atoms with Crippen LogP contribution in [0.1, 0.15) is 0 Å². The average Bonchev–Trinajstić information content (AvgIpc) is 3.36. The summed E-state index contributed by atoms with van der Waals surface area (Å²) < 4.78 is 0. The Balaban J connectivity index is 1.55. The highest BCUT2D eigenvalue weighted by molar-refractivity contribution is 6.28. The van der Waals surface area contributed by atoms with Crippen LogP contribution in [0.5, 0.6) is 0 Å². The highest BCUT2D eigenvalue weighted by Gasteiger charge is 2.31. The monoisotopic (exact) mass is 506 g/mol. The number of hydrogen-bond acceptors (Lipinski definition) is 1. The fraction of sp³-hybridized carbons (Fsp3) is 0. The van der Waals surface area contributed by atoms with Crippen LogP contribution in [0.3, 0.4) is 0 Å². The van der Waals surface area contributed by atoms with Crippen LogP contribution in [-0.4, -0.2) is 4.98 Å². The number of rotatable bonds is 3. The molecule has 0 radical (unpaired) electrons. The van der Waals surface area contributed by atoms with Gasteiger partial charge in [0.05, 0.1) is 6.57 Å². The van der Waals surface area contributed by atoms with Gasteiger partial charge in [-0.15, -0.1) is 0 Å². The van der Waals surface area contributed by atoms with Gasteiger partial charge >= 0.3 is 0 Å². The molecule has 0 N–H and O–H groups in total. The maximum absolute atomic E-state index is 7.35. The zero-order valence-corrected chi connectivity index (χ0v) is 21.6. The molecule has 2 heteroatoms. The van der Waals surface area contributed by atoms with Crippen LogP contribution in [0.4, 0.5) is 5.69 Å². The minimum absolute atomic E-state index is 0.655. The second-order valence-electron chi connectivity index (χ2n) is 10.2. The van der Waals surface area contributed by atoms with E-state index in [2.05, 4.69) is 119 Å². The Labute approximate surface area is 232 Å². The van der Waals surface area contributed by atoms with Crippen molar-refractivity contribution in [3.8, 4) is 55.6 Å². The fourth-order valence-electron chi connectivity index (χ4n) is 6.47. The number of benzene rings is 6. The molecule has 0 saturated heterocycles. The van der Waals surface area contributed by atoms with E-state index in [1.807, 2.05) is 24.5 Å². The van der Waals surface area contributed by atoms with Crippen molar-refractivity contribution in [2.75, 3.05) is 0 Å². The summed E-state index contributed by atoms with van der Waals surface area (Å²) in [5, 5.41) is 4.87. The van der Waals surface area contributed by atoms with E-state index in [4.69, 9.17) is 6.57 Å². The Bertz CT molecular complexity index is 2040. The molecule has 1 aliphatic carbocycles. The summed E-state index contributed by atoms with van der Waals surface area (Å²) in [5.41, 5.74) is 12.9. The third kappa shape index (κ3) is 3.19. The van der Waals surface area contributed by atoms with Crippen molar-refractivity contribution in [2.24, 2.45) is 0 Å². The molecule has 0 amide bonds. The number of fused-ring (bicyclic) bond motifs is 4. The topological polar surface area (TPSA) is 17.2 Å². The standard InChI is InChI=1S/C38H22N2/c1-39-27-17-15-24(16-18-27)28-19-20-32-36-29(28)13-8-14-31(36)37-34(25-9-4-2-5-10-25)30-21-22-40-23-33(30)35(38(32)37)26-11-6-3-7-12-26/h2-23H. The normalized spacial score (nSPS) is 11.5. The first kappa shape index (κ1) is 22.5. The van der Waals surface area contributed by atoms with Crippen molar-refractivity contribution in [2.45, 2.75) is 0 Å². The lowest BCUT2D eigenvalue weighted by molar-refractivity contribution is 1.36. The molecule has 0 saturated carbocycles. The van der Waals surface area contributed by atoms with Crippen molar-refractivity contribution < 1.29 is 0 Å². The van der Waals surface area contributed by atoms with Gasteiger partial charge in [-0.25, -0.2) is 4.85 Å². The SMILES string of the molecule is [C-]#[N+]c1ccc(-c2ccc3c4c(cccc24)-c2c-3c(-c3ccccc3)c3cnccc3c2-c2ccccc2)cc1. The fourth-order valence-corrected chi connectivity index (χ4v) is 6.47. The Hall–Kier alpha value is -5.52. The van der Waals surface area contributed by atoms with Crippen molar-refractivity contribution >= 4 is 27.2 Å². The first-order chi connectivity index (χ1) is 19.8. The molecule has 0 bridgehead atoms. The third-order valence-electron chi connectivity index (χ3n) is 8.12. The molecule has 40 heavy (non-hydrogen) atoms. The van der Waals surface area contributed by atoms with E-state index in [-0.39, 0.29) is 0 Å². The van der Waals surface area contributed by atoms with Gasteiger partial charge in [-0.2, -0.15) is 0 Å². The summed E-state index contributed by atoms with van der Waals surface area (Å²) in [5.74, 6) is 0. The largest absolute Gasteiger partial charge is 0.264 e. The zero-order chi connectivity index (χ0) is 26.6. The Morgan fingerprint density at radius 1 is 0.450 bits per heavy atom. The molecular formula is C38H22N2. The minimum Gasteiger partial charge on any atom is -0.264 e. The van der Waals surface area contributed by atoms with Gasteiger partial charge in [0.25, 0.3) is 0 Å². The average molecular weight is 507 g/mol. The van der Waals surface area contributed by atoms with Crippen LogP contribution in [0.2, 0.25) is 0 Å². The van der Waals surface area contributed by atoms with Crippen LogP contribution in [0.15, 0.2) is 134 Å². The first-order valence-corrected chi connectivity index (χ1v) is 13.4. The van der Waals surface area contributed by atoms with Gasteiger partial charge in [0.1, 0.15) is 0 Å². The number of aromatic nitrogens is 1. The summed E-state index contributed by atoms with van der Waals surface area (Å²) in [6.07, 6.45) is 3.93. The van der Waals surface area contributed by atoms with Gasteiger partial charge in [-0.3, -0.25) is 4.98 Å². The van der Waals surface area contributed by atoms with Gasteiger partial charge in [0.2, 0.25) is 0 Å². The van der Waals surface area contributed by atoms with Gasteiger partial charge in [-0.1, -0.05) is 115 Å². The van der Waals surface area contributed by atoms with Gasteiger partial charge < -0.3 is 0 Å². The molecule has 1 heterocycles. The van der Waals surface area contributed by atoms with Crippen LogP contribution in [0, 0.1) is 6.57 Å². The molecule has 0 fully saturated rings. The third-order valence-corrected chi connectivity index (χ3v) is 8.12. The van der Waals surface area contributed by atoms with E-state index < -0.39 is 0 Å². The van der Waals surface area contributed by atoms with Crippen LogP contribution >= 0.6 is 0 Å². The second kappa shape index (κ2) is 8.76. The van der Waals surface area contributed by atoms with Gasteiger partial charge in [0.15, 0.2) is 5.69 Å². The predicted octanol–water partition coefficient (Wildman–Crippen LogP) is 10.6. The van der Waals surface area contributed by atoms with E-state index in [0.717, 1.165) is 10.9 Å². The van der Waals surface area contributed by atoms with E-state index in [1.54, 1.807) is 0 Å². The van der Waals surface area contributed by atoms with Crippen molar-refractivity contribution in [1.29, 1.82) is 0 Å². The Kier molecular flexibility index (Phi) is 4.92. The Morgan fingerprint density at radius 3 is 1.75 bits per heavy atom. The van der Waals surface area contributed by atoms with Crippen molar-refractivity contribution in [3.05, 3.63) is 145 Å². The summed E-state index contributed by atoms with van der Waals surface area (Å²) in [6.45, 7) is 7.35. The number of pyridine rings is 1. The van der Waals surface area contributed by atoms with E-state index in [0.29, 0.717) is 5.69 Å². The van der Waals surface area contributed by atoms with Crippen LogP contribution in [-0.2, 0) is 0 Å². The molecule has 1 aromatic heterocycles. The molecule has 7 aromatic rings. The number of nitrogens with zero attached hydrogens (tertiary/aromatic N) is 2. The summed E-state index contributed by atoms with van der Waals surface area (Å²) >= 11 is 0. The first-order valence-electron chi connectivity index (χ1n) is 13.4. The smallest absolute Gasteiger partial charge is 0.187 e. The predicted molar refractivity (Wildman–Crippen MR) is 166 cm³/mol. The van der Waals surface area contributed by atoms with Gasteiger partial charge in [-0.05, 0) is 77.9 Å². The molecule has 0 atom stereocenters.